The van der Waals surface area contributed by atoms with Crippen molar-refractivity contribution in [1.29, 1.82) is 5.41 Å². The maximum absolute atomic E-state index is 12.2. The second-order valence-corrected chi connectivity index (χ2v) is 5.60. The number of rotatable bonds is 2. The van der Waals surface area contributed by atoms with E-state index in [-0.39, 0.29) is 0 Å². The van der Waals surface area contributed by atoms with Crippen molar-refractivity contribution in [2.75, 3.05) is 7.11 Å². The van der Waals surface area contributed by atoms with Crippen molar-refractivity contribution in [3.63, 3.8) is 0 Å². The van der Waals surface area contributed by atoms with Gasteiger partial charge in [-0.15, -0.1) is 0 Å². The fourth-order valence-corrected chi connectivity index (χ4v) is 3.02. The highest BCUT2D eigenvalue weighted by Crippen LogP contribution is 2.40. The fraction of sp³-hybridized carbons (Fsp3) is 0.0500. The van der Waals surface area contributed by atoms with Crippen LogP contribution in [0.2, 0.25) is 0 Å². The van der Waals surface area contributed by atoms with Crippen molar-refractivity contribution in [1.82, 2.24) is 4.98 Å². The first-order valence-electron chi connectivity index (χ1n) is 7.72. The highest BCUT2D eigenvalue weighted by atomic mass is 16.5. The molecule has 0 spiro atoms. The quantitative estimate of drug-likeness (QED) is 0.447. The Hall–Kier alpha value is -3.47. The Balaban J connectivity index is 2.18. The predicted octanol–water partition coefficient (Wildman–Crippen LogP) is 3.87. The molecule has 0 saturated carbocycles. The van der Waals surface area contributed by atoms with Crippen LogP contribution in [-0.2, 0) is 4.74 Å². The van der Waals surface area contributed by atoms with E-state index in [1.165, 1.54) is 7.11 Å². The second-order valence-electron chi connectivity index (χ2n) is 5.60. The Kier molecular flexibility index (Phi) is 3.54. The first-order valence-corrected chi connectivity index (χ1v) is 7.72. The van der Waals surface area contributed by atoms with Crippen molar-refractivity contribution in [2.24, 2.45) is 0 Å². The molecular weight excluding hydrogens is 316 g/mol. The molecule has 0 amide bonds. The van der Waals surface area contributed by atoms with Gasteiger partial charge in [-0.05, 0) is 29.8 Å². The number of esters is 1. The van der Waals surface area contributed by atoms with Gasteiger partial charge in [0.15, 0.2) is 5.58 Å². The number of aromatic nitrogens is 1. The number of benzene rings is 2. The molecule has 0 unspecified atom stereocenters. The summed E-state index contributed by atoms with van der Waals surface area (Å²) in [5, 5.41) is 9.05. The molecule has 1 aliphatic carbocycles. The van der Waals surface area contributed by atoms with Gasteiger partial charge in [0.05, 0.1) is 24.2 Å². The summed E-state index contributed by atoms with van der Waals surface area (Å²) in [5.41, 5.74) is 3.51. The highest BCUT2D eigenvalue weighted by Gasteiger charge is 2.21. The Morgan fingerprint density at radius 2 is 1.96 bits per heavy atom. The van der Waals surface area contributed by atoms with Gasteiger partial charge in [0.25, 0.3) is 0 Å². The standard InChI is InChI=1S/C20H14N2O3/c1-24-20(23)14-5-3-2-4-13(14)19-15-7-6-12(21)10-17(15)25-18-11-22-9-8-16(18)19/h2-11,21H,1H3. The minimum Gasteiger partial charge on any atom is -0.465 e. The molecule has 25 heavy (non-hydrogen) atoms. The monoisotopic (exact) mass is 330 g/mol. The van der Waals surface area contributed by atoms with Gasteiger partial charge in [0.2, 0.25) is 0 Å². The van der Waals surface area contributed by atoms with Crippen molar-refractivity contribution in [3.8, 4) is 22.5 Å². The summed E-state index contributed by atoms with van der Waals surface area (Å²) in [5.74, 6) is 0.173. The minimum atomic E-state index is -0.399. The summed E-state index contributed by atoms with van der Waals surface area (Å²) in [6, 6.07) is 14.4. The molecule has 1 N–H and O–H groups in total. The van der Waals surface area contributed by atoms with Crippen molar-refractivity contribution in [3.05, 3.63) is 71.8 Å². The van der Waals surface area contributed by atoms with Crippen LogP contribution in [0.1, 0.15) is 10.4 Å². The van der Waals surface area contributed by atoms with Crippen molar-refractivity contribution < 1.29 is 13.9 Å². The molecule has 4 rings (SSSR count). The zero-order valence-corrected chi connectivity index (χ0v) is 13.4. The number of nitrogens with one attached hydrogen (secondary N) is 1. The lowest BCUT2D eigenvalue weighted by atomic mass is 9.91. The van der Waals surface area contributed by atoms with E-state index >= 15 is 0 Å². The van der Waals surface area contributed by atoms with Gasteiger partial charge >= 0.3 is 5.97 Å². The number of carbonyl (C=O) groups is 1. The molecular formula is C20H14N2O3. The smallest absolute Gasteiger partial charge is 0.338 e. The van der Waals surface area contributed by atoms with Crippen molar-refractivity contribution >= 4 is 16.9 Å². The predicted molar refractivity (Wildman–Crippen MR) is 93.3 cm³/mol. The number of nitrogens with zero attached hydrogens (tertiary/aromatic N) is 1. The summed E-state index contributed by atoms with van der Waals surface area (Å²) in [4.78, 5) is 16.4. The summed E-state index contributed by atoms with van der Waals surface area (Å²) in [6.45, 7) is 0. The molecule has 2 aromatic rings. The Morgan fingerprint density at radius 1 is 1.12 bits per heavy atom. The first kappa shape index (κ1) is 15.1. The van der Waals surface area contributed by atoms with Crippen LogP contribution in [0.4, 0.5) is 0 Å². The number of fused-ring (bicyclic) bond motifs is 2. The second kappa shape index (κ2) is 5.87. The molecule has 1 aromatic carbocycles. The number of hydrogen-bond donors (Lipinski definition) is 1. The largest absolute Gasteiger partial charge is 0.465 e. The van der Waals surface area contributed by atoms with E-state index in [9.17, 15) is 4.79 Å². The molecule has 0 fully saturated rings. The van der Waals surface area contributed by atoms with Gasteiger partial charge in [0.1, 0.15) is 5.76 Å². The molecule has 5 heteroatoms. The van der Waals surface area contributed by atoms with E-state index in [1.807, 2.05) is 24.3 Å². The van der Waals surface area contributed by atoms with Crippen LogP contribution < -0.4 is 5.36 Å². The number of hydrogen-bond acceptors (Lipinski definition) is 5. The number of ether oxygens (including phenoxy) is 1. The lowest BCUT2D eigenvalue weighted by Gasteiger charge is -2.16. The van der Waals surface area contributed by atoms with Gasteiger partial charge in [-0.3, -0.25) is 4.98 Å². The van der Waals surface area contributed by atoms with Gasteiger partial charge in [-0.1, -0.05) is 18.2 Å². The van der Waals surface area contributed by atoms with Crippen LogP contribution >= 0.6 is 0 Å². The van der Waals surface area contributed by atoms with Gasteiger partial charge in [-0.25, -0.2) is 4.79 Å². The maximum atomic E-state index is 12.2. The fourth-order valence-electron chi connectivity index (χ4n) is 3.02. The molecule has 2 heterocycles. The molecule has 0 saturated heterocycles. The summed E-state index contributed by atoms with van der Waals surface area (Å²) < 4.78 is 10.9. The summed E-state index contributed by atoms with van der Waals surface area (Å²) >= 11 is 0. The van der Waals surface area contributed by atoms with Crippen LogP contribution in [0.5, 0.6) is 0 Å². The third kappa shape index (κ3) is 2.46. The van der Waals surface area contributed by atoms with E-state index in [1.54, 1.807) is 36.7 Å². The highest BCUT2D eigenvalue weighted by molar-refractivity contribution is 6.07. The lowest BCUT2D eigenvalue weighted by molar-refractivity contribution is 0.0601. The van der Waals surface area contributed by atoms with Crippen LogP contribution in [0.3, 0.4) is 0 Å². The van der Waals surface area contributed by atoms with Gasteiger partial charge < -0.3 is 14.6 Å². The maximum Gasteiger partial charge on any atom is 0.338 e. The number of carbonyl (C=O) groups excluding carboxylic acids is 1. The molecule has 1 aromatic heterocycles. The molecule has 2 aliphatic rings. The van der Waals surface area contributed by atoms with Crippen LogP contribution in [-0.4, -0.2) is 18.1 Å². The molecule has 122 valence electrons. The molecule has 0 bridgehead atoms. The molecule has 0 atom stereocenters. The van der Waals surface area contributed by atoms with E-state index in [0.717, 1.165) is 22.1 Å². The first-order chi connectivity index (χ1) is 12.2. The van der Waals surface area contributed by atoms with Gasteiger partial charge in [-0.2, -0.15) is 0 Å². The van der Waals surface area contributed by atoms with E-state index in [4.69, 9.17) is 14.6 Å². The Labute approximate surface area is 143 Å². The Bertz CT molecular complexity index is 1130. The van der Waals surface area contributed by atoms with E-state index in [0.29, 0.717) is 22.3 Å². The van der Waals surface area contributed by atoms with Crippen LogP contribution in [0, 0.1) is 5.41 Å². The average molecular weight is 330 g/mol. The van der Waals surface area contributed by atoms with E-state index in [2.05, 4.69) is 4.98 Å². The molecule has 0 radical (unpaired) electrons. The lowest BCUT2D eigenvalue weighted by Crippen LogP contribution is -2.05. The zero-order valence-electron chi connectivity index (χ0n) is 13.4. The topological polar surface area (TPSA) is 76.2 Å². The normalized spacial score (nSPS) is 10.9. The number of pyridine rings is 1. The third-order valence-electron chi connectivity index (χ3n) is 4.13. The Morgan fingerprint density at radius 3 is 2.80 bits per heavy atom. The van der Waals surface area contributed by atoms with E-state index < -0.39 is 5.97 Å². The summed E-state index contributed by atoms with van der Waals surface area (Å²) in [6.07, 6.45) is 3.32. The minimum absolute atomic E-state index is 0.353. The zero-order chi connectivity index (χ0) is 17.4. The SMILES string of the molecule is COC(=O)c1ccccc1-c1c2ccc(=N)cc-2oc2cnccc12. The van der Waals surface area contributed by atoms with Crippen LogP contribution in [0.15, 0.2) is 65.3 Å². The number of methoxy groups -OCH3 is 1. The van der Waals surface area contributed by atoms with Crippen molar-refractivity contribution in [2.45, 2.75) is 0 Å². The van der Waals surface area contributed by atoms with Crippen LogP contribution in [0.25, 0.3) is 33.4 Å². The molecule has 5 nitrogen and oxygen atoms in total. The average Bonchev–Trinajstić information content (AvgIpc) is 2.65. The summed E-state index contributed by atoms with van der Waals surface area (Å²) in [7, 11) is 1.37. The third-order valence-corrected chi connectivity index (χ3v) is 4.13. The molecule has 1 aliphatic heterocycles. The van der Waals surface area contributed by atoms with Gasteiger partial charge in [0, 0.05) is 28.8 Å².